The number of unbranched alkanes of at least 4 members (excludes halogenated alkanes) is 1. The second-order valence-corrected chi connectivity index (χ2v) is 6.46. The highest BCUT2D eigenvalue weighted by Crippen LogP contribution is 2.38. The zero-order valence-electron chi connectivity index (χ0n) is 14.6. The van der Waals surface area contributed by atoms with Crippen LogP contribution in [0.1, 0.15) is 49.3 Å². The summed E-state index contributed by atoms with van der Waals surface area (Å²) in [6.45, 7) is 4.02. The van der Waals surface area contributed by atoms with E-state index in [0.29, 0.717) is 11.5 Å². The van der Waals surface area contributed by atoms with Crippen molar-refractivity contribution in [1.29, 1.82) is 0 Å². The molecule has 0 spiro atoms. The zero-order valence-corrected chi connectivity index (χ0v) is 14.6. The van der Waals surface area contributed by atoms with Crippen molar-refractivity contribution >= 4 is 0 Å². The average Bonchev–Trinajstić information content (AvgIpc) is 3.09. The van der Waals surface area contributed by atoms with Gasteiger partial charge in [-0.15, -0.1) is 0 Å². The fraction of sp³-hybridized carbons (Fsp3) is 0.400. The van der Waals surface area contributed by atoms with Gasteiger partial charge in [-0.25, -0.2) is 0 Å². The molecule has 0 radical (unpaired) electrons. The third kappa shape index (κ3) is 3.76. The van der Waals surface area contributed by atoms with Gasteiger partial charge in [0.1, 0.15) is 0 Å². The predicted octanol–water partition coefficient (Wildman–Crippen LogP) is 4.56. The molecule has 0 bridgehead atoms. The molecule has 0 aliphatic carbocycles. The normalized spacial score (nSPS) is 15.0. The second-order valence-electron chi connectivity index (χ2n) is 6.46. The van der Waals surface area contributed by atoms with Crippen molar-refractivity contribution in [2.24, 2.45) is 0 Å². The van der Waals surface area contributed by atoms with Gasteiger partial charge < -0.3 is 9.47 Å². The van der Waals surface area contributed by atoms with Crippen molar-refractivity contribution in [3.63, 3.8) is 0 Å². The van der Waals surface area contributed by atoms with E-state index in [1.54, 1.807) is 6.92 Å². The van der Waals surface area contributed by atoms with Gasteiger partial charge in [0, 0.05) is 11.8 Å². The molecule has 0 saturated carbocycles. The molecule has 1 aliphatic heterocycles. The van der Waals surface area contributed by atoms with Crippen molar-refractivity contribution < 1.29 is 14.4 Å². The predicted molar refractivity (Wildman–Crippen MR) is 95.9 cm³/mol. The van der Waals surface area contributed by atoms with Crippen LogP contribution in [0.15, 0.2) is 42.5 Å². The van der Waals surface area contributed by atoms with Crippen LogP contribution in [0.3, 0.4) is 0 Å². The molecule has 1 heterocycles. The number of benzene rings is 2. The Kier molecular flexibility index (Phi) is 5.22. The van der Waals surface area contributed by atoms with Crippen LogP contribution >= 0.6 is 0 Å². The van der Waals surface area contributed by atoms with Crippen LogP contribution in [0.25, 0.3) is 0 Å². The number of hydrogen-bond donors (Lipinski definition) is 0. The number of aryl methyl sites for hydroxylation is 1. The lowest BCUT2D eigenvalue weighted by Gasteiger charge is -2.20. The van der Waals surface area contributed by atoms with E-state index in [9.17, 15) is 10.1 Å². The van der Waals surface area contributed by atoms with Gasteiger partial charge in [0.25, 0.3) is 0 Å². The fourth-order valence-electron chi connectivity index (χ4n) is 3.25. The summed E-state index contributed by atoms with van der Waals surface area (Å²) in [4.78, 5) is 11.3. The smallest absolute Gasteiger partial charge is 0.231 e. The first kappa shape index (κ1) is 17.3. The van der Waals surface area contributed by atoms with E-state index in [4.69, 9.17) is 9.47 Å². The number of ether oxygens (including phenoxy) is 2. The molecule has 2 atom stereocenters. The molecule has 1 aliphatic rings. The standard InChI is InChI=1S/C20H23NO4/c1-3-4-5-15-6-8-16(9-7-15)20(14(2)21(22)23)17-10-11-18-19(12-17)25-13-24-18/h6-12,14,20H,3-5,13H2,1-2H3. The van der Waals surface area contributed by atoms with Gasteiger partial charge in [-0.3, -0.25) is 10.1 Å². The maximum atomic E-state index is 11.5. The molecule has 2 aromatic rings. The Morgan fingerprint density at radius 2 is 1.76 bits per heavy atom. The first-order valence-electron chi connectivity index (χ1n) is 8.72. The summed E-state index contributed by atoms with van der Waals surface area (Å²) in [5.74, 6) is 1.01. The van der Waals surface area contributed by atoms with Gasteiger partial charge in [-0.2, -0.15) is 0 Å². The van der Waals surface area contributed by atoms with Crippen molar-refractivity contribution in [2.75, 3.05) is 6.79 Å². The molecule has 2 unspecified atom stereocenters. The molecule has 5 heteroatoms. The van der Waals surface area contributed by atoms with Gasteiger partial charge in [-0.05, 0) is 41.7 Å². The van der Waals surface area contributed by atoms with Crippen LogP contribution in [0.4, 0.5) is 0 Å². The number of nitrogens with zero attached hydrogens (tertiary/aromatic N) is 1. The van der Waals surface area contributed by atoms with Gasteiger partial charge in [-0.1, -0.05) is 43.7 Å². The quantitative estimate of drug-likeness (QED) is 0.547. The third-order valence-corrected chi connectivity index (χ3v) is 4.73. The highest BCUT2D eigenvalue weighted by Gasteiger charge is 2.31. The van der Waals surface area contributed by atoms with E-state index in [0.717, 1.165) is 30.4 Å². The van der Waals surface area contributed by atoms with Gasteiger partial charge >= 0.3 is 0 Å². The Morgan fingerprint density at radius 1 is 1.08 bits per heavy atom. The van der Waals surface area contributed by atoms with E-state index in [-0.39, 0.29) is 17.6 Å². The lowest BCUT2D eigenvalue weighted by atomic mass is 9.85. The highest BCUT2D eigenvalue weighted by molar-refractivity contribution is 5.48. The summed E-state index contributed by atoms with van der Waals surface area (Å²) in [6, 6.07) is 13.0. The first-order chi connectivity index (χ1) is 12.1. The second kappa shape index (κ2) is 7.55. The lowest BCUT2D eigenvalue weighted by Crippen LogP contribution is -2.25. The average molecular weight is 341 g/mol. The maximum absolute atomic E-state index is 11.5. The third-order valence-electron chi connectivity index (χ3n) is 4.73. The van der Waals surface area contributed by atoms with Gasteiger partial charge in [0.2, 0.25) is 12.8 Å². The van der Waals surface area contributed by atoms with Crippen molar-refractivity contribution in [1.82, 2.24) is 0 Å². The molecule has 25 heavy (non-hydrogen) atoms. The number of nitro groups is 1. The van der Waals surface area contributed by atoms with Gasteiger partial charge in [0.05, 0.1) is 5.92 Å². The Morgan fingerprint density at radius 3 is 2.44 bits per heavy atom. The Labute approximate surface area is 147 Å². The van der Waals surface area contributed by atoms with E-state index in [2.05, 4.69) is 19.1 Å². The van der Waals surface area contributed by atoms with E-state index >= 15 is 0 Å². The summed E-state index contributed by atoms with van der Waals surface area (Å²) in [7, 11) is 0. The molecular formula is C20H23NO4. The van der Waals surface area contributed by atoms with E-state index < -0.39 is 6.04 Å². The van der Waals surface area contributed by atoms with Crippen LogP contribution in [0.2, 0.25) is 0 Å². The molecule has 132 valence electrons. The number of fused-ring (bicyclic) bond motifs is 1. The topological polar surface area (TPSA) is 61.6 Å². The molecule has 2 aromatic carbocycles. The minimum absolute atomic E-state index is 0.195. The van der Waals surface area contributed by atoms with Crippen molar-refractivity contribution in [3.05, 3.63) is 69.3 Å². The van der Waals surface area contributed by atoms with Crippen LogP contribution in [-0.2, 0) is 6.42 Å². The molecular weight excluding hydrogens is 318 g/mol. The summed E-state index contributed by atoms with van der Waals surface area (Å²) in [5, 5.41) is 11.5. The molecule has 0 fully saturated rings. The van der Waals surface area contributed by atoms with E-state index in [1.807, 2.05) is 30.3 Å². The largest absolute Gasteiger partial charge is 0.454 e. The summed E-state index contributed by atoms with van der Waals surface area (Å²) < 4.78 is 10.8. The van der Waals surface area contributed by atoms with Crippen molar-refractivity contribution in [2.45, 2.75) is 45.1 Å². The Balaban J connectivity index is 1.93. The highest BCUT2D eigenvalue weighted by atomic mass is 16.7. The first-order valence-corrected chi connectivity index (χ1v) is 8.72. The number of hydrogen-bond acceptors (Lipinski definition) is 4. The summed E-state index contributed by atoms with van der Waals surface area (Å²) in [6.07, 6.45) is 3.34. The fourth-order valence-corrected chi connectivity index (χ4v) is 3.25. The molecule has 0 saturated heterocycles. The minimum atomic E-state index is -0.734. The SMILES string of the molecule is CCCCc1ccc(C(c2ccc3c(c2)OCO3)C(C)[N+](=O)[O-])cc1. The lowest BCUT2D eigenvalue weighted by molar-refractivity contribution is -0.520. The summed E-state index contributed by atoms with van der Waals surface area (Å²) in [5.41, 5.74) is 3.09. The molecule has 5 nitrogen and oxygen atoms in total. The molecule has 3 rings (SSSR count). The molecule has 0 aromatic heterocycles. The van der Waals surface area contributed by atoms with Crippen LogP contribution < -0.4 is 9.47 Å². The zero-order chi connectivity index (χ0) is 17.8. The van der Waals surface area contributed by atoms with Gasteiger partial charge in [0.15, 0.2) is 11.5 Å². The Bertz CT molecular complexity index is 742. The minimum Gasteiger partial charge on any atom is -0.454 e. The van der Waals surface area contributed by atoms with Crippen molar-refractivity contribution in [3.8, 4) is 11.5 Å². The van der Waals surface area contributed by atoms with Crippen LogP contribution in [-0.4, -0.2) is 17.8 Å². The molecule has 0 N–H and O–H groups in total. The summed E-state index contributed by atoms with van der Waals surface area (Å²) >= 11 is 0. The monoisotopic (exact) mass is 341 g/mol. The number of rotatable bonds is 7. The maximum Gasteiger partial charge on any atom is 0.231 e. The Hall–Kier alpha value is -2.56. The molecule has 0 amide bonds. The van der Waals surface area contributed by atoms with Crippen LogP contribution in [0, 0.1) is 10.1 Å². The van der Waals surface area contributed by atoms with E-state index in [1.165, 1.54) is 5.56 Å². The van der Waals surface area contributed by atoms with Crippen LogP contribution in [0.5, 0.6) is 11.5 Å².